The predicted molar refractivity (Wildman–Crippen MR) is 124 cm³/mol. The van der Waals surface area contributed by atoms with E-state index < -0.39 is 0 Å². The topological polar surface area (TPSA) is 81.5 Å². The van der Waals surface area contributed by atoms with E-state index in [0.717, 1.165) is 41.2 Å². The van der Waals surface area contributed by atoms with Crippen LogP contribution in [0.5, 0.6) is 11.5 Å². The Labute approximate surface area is 193 Å². The van der Waals surface area contributed by atoms with Crippen LogP contribution in [0.1, 0.15) is 22.8 Å². The molecule has 0 spiro atoms. The van der Waals surface area contributed by atoms with Crippen molar-refractivity contribution in [2.75, 3.05) is 33.9 Å². The molecule has 1 aromatic carbocycles. The van der Waals surface area contributed by atoms with Gasteiger partial charge in [0.25, 0.3) is 5.91 Å². The van der Waals surface area contributed by atoms with Crippen molar-refractivity contribution in [3.8, 4) is 11.5 Å². The Hall–Kier alpha value is -2.55. The van der Waals surface area contributed by atoms with Gasteiger partial charge < -0.3 is 19.7 Å². The molecule has 0 bridgehead atoms. The number of carbonyl (C=O) groups excluding carboxylic acids is 1. The van der Waals surface area contributed by atoms with E-state index in [-0.39, 0.29) is 36.8 Å². The summed E-state index contributed by atoms with van der Waals surface area (Å²) >= 11 is 0. The van der Waals surface area contributed by atoms with E-state index in [1.807, 2.05) is 29.2 Å². The molecule has 8 nitrogen and oxygen atoms in total. The SMILES string of the molecule is COc1ccc(Cn2ncc3cc(C(=O)N4CCNC[C@@H]4C)cnc32)c(OC)c1.Cl.Cl. The second kappa shape index (κ2) is 10.7. The largest absolute Gasteiger partial charge is 0.497 e. The molecule has 0 aliphatic carbocycles. The van der Waals surface area contributed by atoms with Gasteiger partial charge in [0.05, 0.1) is 32.5 Å². The minimum atomic E-state index is 0. The summed E-state index contributed by atoms with van der Waals surface area (Å²) in [5.74, 6) is 1.48. The third kappa shape index (κ3) is 5.03. The van der Waals surface area contributed by atoms with Crippen LogP contribution in [0.2, 0.25) is 0 Å². The molecule has 4 rings (SSSR count). The van der Waals surface area contributed by atoms with Crippen molar-refractivity contribution >= 4 is 41.8 Å². The molecule has 1 aliphatic rings. The fourth-order valence-corrected chi connectivity index (χ4v) is 3.66. The highest BCUT2D eigenvalue weighted by Gasteiger charge is 2.24. The molecule has 168 valence electrons. The van der Waals surface area contributed by atoms with Crippen molar-refractivity contribution in [1.29, 1.82) is 0 Å². The van der Waals surface area contributed by atoms with Gasteiger partial charge in [-0.3, -0.25) is 4.79 Å². The molecule has 1 fully saturated rings. The standard InChI is InChI=1S/C21H25N5O3.2ClH/c1-14-10-22-6-7-25(14)21(27)17-8-16-12-24-26(20(16)23-11-17)13-15-4-5-18(28-2)9-19(15)29-3;;/h4-5,8-9,11-12,14,22H,6-7,10,13H2,1-3H3;2*1H/t14-;;/m0../s1. The van der Waals surface area contributed by atoms with Gasteiger partial charge in [-0.15, -0.1) is 24.8 Å². The molecule has 0 radical (unpaired) electrons. The third-order valence-corrected chi connectivity index (χ3v) is 5.30. The first-order valence-electron chi connectivity index (χ1n) is 9.65. The number of carbonyl (C=O) groups is 1. The number of hydrogen-bond donors (Lipinski definition) is 1. The Morgan fingerprint density at radius 1 is 1.19 bits per heavy atom. The number of nitrogens with zero attached hydrogens (tertiary/aromatic N) is 4. The summed E-state index contributed by atoms with van der Waals surface area (Å²) in [6, 6.07) is 7.72. The first-order chi connectivity index (χ1) is 14.1. The lowest BCUT2D eigenvalue weighted by Gasteiger charge is -2.33. The number of hydrogen-bond acceptors (Lipinski definition) is 6. The van der Waals surface area contributed by atoms with Crippen molar-refractivity contribution in [2.24, 2.45) is 0 Å². The normalized spacial score (nSPS) is 15.7. The van der Waals surface area contributed by atoms with Gasteiger partial charge >= 0.3 is 0 Å². The van der Waals surface area contributed by atoms with Crippen LogP contribution in [0.15, 0.2) is 36.7 Å². The molecule has 1 saturated heterocycles. The van der Waals surface area contributed by atoms with Crippen LogP contribution >= 0.6 is 24.8 Å². The van der Waals surface area contributed by atoms with Crippen molar-refractivity contribution in [2.45, 2.75) is 19.5 Å². The maximum atomic E-state index is 12.9. The van der Waals surface area contributed by atoms with Gasteiger partial charge in [-0.25, -0.2) is 9.67 Å². The molecule has 2 aromatic heterocycles. The maximum Gasteiger partial charge on any atom is 0.255 e. The highest BCUT2D eigenvalue weighted by atomic mass is 35.5. The summed E-state index contributed by atoms with van der Waals surface area (Å²) in [5.41, 5.74) is 2.29. The zero-order valence-corrected chi connectivity index (χ0v) is 19.3. The minimum absolute atomic E-state index is 0. The number of aromatic nitrogens is 3. The third-order valence-electron chi connectivity index (χ3n) is 5.30. The molecule has 0 unspecified atom stereocenters. The lowest BCUT2D eigenvalue weighted by molar-refractivity contribution is 0.0655. The monoisotopic (exact) mass is 467 g/mol. The summed E-state index contributed by atoms with van der Waals surface area (Å²) in [6.45, 7) is 4.88. The summed E-state index contributed by atoms with van der Waals surface area (Å²) in [4.78, 5) is 19.3. The lowest BCUT2D eigenvalue weighted by atomic mass is 10.1. The van der Waals surface area contributed by atoms with Crippen LogP contribution in [0, 0.1) is 0 Å². The van der Waals surface area contributed by atoms with Gasteiger partial charge in [-0.2, -0.15) is 5.10 Å². The fraction of sp³-hybridized carbons (Fsp3) is 0.381. The molecule has 31 heavy (non-hydrogen) atoms. The second-order valence-electron chi connectivity index (χ2n) is 7.17. The molecule has 3 heterocycles. The van der Waals surface area contributed by atoms with Crippen molar-refractivity contribution in [1.82, 2.24) is 25.0 Å². The first kappa shape index (κ1) is 24.7. The van der Waals surface area contributed by atoms with Crippen molar-refractivity contribution in [3.63, 3.8) is 0 Å². The molecular weight excluding hydrogens is 441 g/mol. The van der Waals surface area contributed by atoms with E-state index in [1.165, 1.54) is 0 Å². The molecule has 1 amide bonds. The predicted octanol–water partition coefficient (Wildman–Crippen LogP) is 2.77. The molecule has 0 saturated carbocycles. The number of ether oxygens (including phenoxy) is 2. The van der Waals surface area contributed by atoms with E-state index >= 15 is 0 Å². The van der Waals surface area contributed by atoms with Gasteiger partial charge in [-0.1, -0.05) is 0 Å². The maximum absolute atomic E-state index is 12.9. The zero-order valence-electron chi connectivity index (χ0n) is 17.7. The highest BCUT2D eigenvalue weighted by Crippen LogP contribution is 2.26. The van der Waals surface area contributed by atoms with Gasteiger partial charge in [0, 0.05) is 48.9 Å². The smallest absolute Gasteiger partial charge is 0.255 e. The number of piperazine rings is 1. The number of amides is 1. The number of benzene rings is 1. The average molecular weight is 468 g/mol. The van der Waals surface area contributed by atoms with Crippen LogP contribution in [-0.4, -0.2) is 65.5 Å². The second-order valence-corrected chi connectivity index (χ2v) is 7.17. The summed E-state index contributed by atoms with van der Waals surface area (Å²) in [6.07, 6.45) is 3.39. The molecule has 3 aromatic rings. The minimum Gasteiger partial charge on any atom is -0.497 e. The summed E-state index contributed by atoms with van der Waals surface area (Å²) < 4.78 is 12.5. The Morgan fingerprint density at radius 3 is 2.71 bits per heavy atom. The van der Waals surface area contributed by atoms with Crippen LogP contribution in [0.3, 0.4) is 0 Å². The van der Waals surface area contributed by atoms with Crippen LogP contribution < -0.4 is 14.8 Å². The lowest BCUT2D eigenvalue weighted by Crippen LogP contribution is -2.52. The highest BCUT2D eigenvalue weighted by molar-refractivity contribution is 5.97. The molecular formula is C21H27Cl2N5O3. The van der Waals surface area contributed by atoms with Crippen molar-refractivity contribution < 1.29 is 14.3 Å². The van der Waals surface area contributed by atoms with Crippen LogP contribution in [0.25, 0.3) is 11.0 Å². The quantitative estimate of drug-likeness (QED) is 0.621. The summed E-state index contributed by atoms with van der Waals surface area (Å²) in [7, 11) is 3.26. The molecule has 10 heteroatoms. The van der Waals surface area contributed by atoms with Crippen LogP contribution in [-0.2, 0) is 6.54 Å². The summed E-state index contributed by atoms with van der Waals surface area (Å²) in [5, 5.41) is 8.61. The first-order valence-corrected chi connectivity index (χ1v) is 9.65. The Morgan fingerprint density at radius 2 is 2.00 bits per heavy atom. The van der Waals surface area contributed by atoms with Gasteiger partial charge in [0.2, 0.25) is 0 Å². The van der Waals surface area contributed by atoms with Gasteiger partial charge in [0.15, 0.2) is 5.65 Å². The van der Waals surface area contributed by atoms with Gasteiger partial charge in [0.1, 0.15) is 11.5 Å². The van der Waals surface area contributed by atoms with E-state index in [9.17, 15) is 4.79 Å². The average Bonchev–Trinajstić information content (AvgIpc) is 3.16. The number of methoxy groups -OCH3 is 2. The fourth-order valence-electron chi connectivity index (χ4n) is 3.66. The van der Waals surface area contributed by atoms with Crippen molar-refractivity contribution in [3.05, 3.63) is 47.8 Å². The van der Waals surface area contributed by atoms with E-state index in [0.29, 0.717) is 18.7 Å². The number of halogens is 2. The number of rotatable bonds is 5. The Bertz CT molecular complexity index is 1040. The molecule has 1 N–H and O–H groups in total. The number of fused-ring (bicyclic) bond motifs is 1. The number of pyridine rings is 1. The van der Waals surface area contributed by atoms with E-state index in [1.54, 1.807) is 31.3 Å². The zero-order chi connectivity index (χ0) is 20.4. The Kier molecular flexibility index (Phi) is 8.50. The van der Waals surface area contributed by atoms with Crippen LogP contribution in [0.4, 0.5) is 0 Å². The van der Waals surface area contributed by atoms with Gasteiger partial charge in [-0.05, 0) is 25.1 Å². The Balaban J connectivity index is 0.00000171. The molecule has 1 atom stereocenters. The van der Waals surface area contributed by atoms with E-state index in [4.69, 9.17) is 9.47 Å². The number of nitrogens with one attached hydrogen (secondary N) is 1. The van der Waals surface area contributed by atoms with E-state index in [2.05, 4.69) is 22.3 Å². The molecule has 1 aliphatic heterocycles.